The molecule has 6 nitrogen and oxygen atoms in total. The zero-order chi connectivity index (χ0) is 20.3. The van der Waals surface area contributed by atoms with Gasteiger partial charge in [0.05, 0.1) is 17.9 Å². The first-order valence-electron chi connectivity index (χ1n) is 8.71. The molecule has 1 unspecified atom stereocenters. The van der Waals surface area contributed by atoms with Crippen LogP contribution in [0.1, 0.15) is 22.8 Å². The van der Waals surface area contributed by atoms with Crippen LogP contribution in [0.3, 0.4) is 0 Å². The van der Waals surface area contributed by atoms with Gasteiger partial charge in [0, 0.05) is 16.5 Å². The van der Waals surface area contributed by atoms with Gasteiger partial charge >= 0.3 is 5.97 Å². The summed E-state index contributed by atoms with van der Waals surface area (Å²) >= 11 is 12.2. The van der Waals surface area contributed by atoms with Crippen LogP contribution in [0.15, 0.2) is 42.5 Å². The Hall–Kier alpha value is -2.57. The van der Waals surface area contributed by atoms with Gasteiger partial charge in [0.15, 0.2) is 0 Å². The number of carbonyl (C=O) groups is 3. The minimum absolute atomic E-state index is 0.186. The smallest absolute Gasteiger partial charge is 0.326 e. The summed E-state index contributed by atoms with van der Waals surface area (Å²) in [5.74, 6) is -1.45. The number of anilines is 1. The van der Waals surface area contributed by atoms with Crippen molar-refractivity contribution < 1.29 is 19.1 Å². The molecule has 0 saturated carbocycles. The number of fused-ring (bicyclic) bond motifs is 1. The molecule has 1 atom stereocenters. The molecule has 3 rings (SSSR count). The number of amides is 2. The van der Waals surface area contributed by atoms with Crippen LogP contribution in [0.4, 0.5) is 5.69 Å². The van der Waals surface area contributed by atoms with Gasteiger partial charge < -0.3 is 10.1 Å². The monoisotopic (exact) mass is 420 g/mol. The number of esters is 1. The highest BCUT2D eigenvalue weighted by Gasteiger charge is 2.35. The summed E-state index contributed by atoms with van der Waals surface area (Å²) in [6.45, 7) is 1.56. The van der Waals surface area contributed by atoms with E-state index >= 15 is 0 Å². The second-order valence-corrected chi connectivity index (χ2v) is 7.06. The van der Waals surface area contributed by atoms with Gasteiger partial charge in [-0.2, -0.15) is 0 Å². The van der Waals surface area contributed by atoms with E-state index in [4.69, 9.17) is 27.9 Å². The molecule has 2 aromatic rings. The summed E-state index contributed by atoms with van der Waals surface area (Å²) in [6, 6.07) is 10.8. The molecule has 0 fully saturated rings. The molecule has 1 heterocycles. The van der Waals surface area contributed by atoms with Crippen molar-refractivity contribution in [3.63, 3.8) is 0 Å². The standard InChI is InChI=1S/C20H18Cl2N2O4/c1-2-28-18(25)11-24-17-8-7-13(21)10-14(17)19(26)23-16(20(24)27)9-12-5-3-4-6-15(12)22/h3-8,10,16H,2,9,11H2,1H3,(H,23,26). The molecule has 0 saturated heterocycles. The maximum Gasteiger partial charge on any atom is 0.326 e. The predicted molar refractivity (Wildman–Crippen MR) is 107 cm³/mol. The van der Waals surface area contributed by atoms with Crippen LogP contribution < -0.4 is 10.2 Å². The number of hydrogen-bond acceptors (Lipinski definition) is 4. The molecular weight excluding hydrogens is 403 g/mol. The number of nitrogens with zero attached hydrogens (tertiary/aromatic N) is 1. The third-order valence-corrected chi connectivity index (χ3v) is 4.94. The Morgan fingerprint density at radius 2 is 1.93 bits per heavy atom. The molecule has 8 heteroatoms. The highest BCUT2D eigenvalue weighted by Crippen LogP contribution is 2.28. The Morgan fingerprint density at radius 1 is 1.18 bits per heavy atom. The van der Waals surface area contributed by atoms with Crippen molar-refractivity contribution in [3.8, 4) is 0 Å². The number of halogens is 2. The first-order chi connectivity index (χ1) is 13.4. The number of benzene rings is 2. The Labute approximate surface area is 172 Å². The van der Waals surface area contributed by atoms with Crippen LogP contribution in [0.5, 0.6) is 0 Å². The van der Waals surface area contributed by atoms with E-state index in [2.05, 4.69) is 5.32 Å². The topological polar surface area (TPSA) is 75.7 Å². The summed E-state index contributed by atoms with van der Waals surface area (Å²) in [6.07, 6.45) is 0.186. The van der Waals surface area contributed by atoms with Crippen molar-refractivity contribution >= 4 is 46.7 Å². The molecular formula is C20H18Cl2N2O4. The zero-order valence-corrected chi connectivity index (χ0v) is 16.6. The van der Waals surface area contributed by atoms with Crippen molar-refractivity contribution in [3.05, 3.63) is 63.6 Å². The quantitative estimate of drug-likeness (QED) is 0.753. The normalized spacial score (nSPS) is 16.2. The third kappa shape index (κ3) is 4.29. The maximum atomic E-state index is 13.2. The highest BCUT2D eigenvalue weighted by atomic mass is 35.5. The first kappa shape index (κ1) is 20.2. The van der Waals surface area contributed by atoms with Crippen molar-refractivity contribution in [1.82, 2.24) is 5.32 Å². The molecule has 0 aliphatic carbocycles. The lowest BCUT2D eigenvalue weighted by Gasteiger charge is -2.24. The van der Waals surface area contributed by atoms with Gasteiger partial charge in [0.2, 0.25) is 5.91 Å². The van der Waals surface area contributed by atoms with Gasteiger partial charge in [-0.15, -0.1) is 0 Å². The Balaban J connectivity index is 2.00. The lowest BCUT2D eigenvalue weighted by atomic mass is 10.0. The molecule has 0 spiro atoms. The van der Waals surface area contributed by atoms with E-state index in [-0.39, 0.29) is 25.1 Å². The Bertz CT molecular complexity index is 932. The number of nitrogens with one attached hydrogen (secondary N) is 1. The molecule has 0 bridgehead atoms. The average Bonchev–Trinajstić information content (AvgIpc) is 2.75. The summed E-state index contributed by atoms with van der Waals surface area (Å²) in [4.78, 5) is 39.3. The van der Waals surface area contributed by atoms with Crippen molar-refractivity contribution in [2.75, 3.05) is 18.1 Å². The summed E-state index contributed by atoms with van der Waals surface area (Å²) in [7, 11) is 0. The van der Waals surface area contributed by atoms with E-state index in [9.17, 15) is 14.4 Å². The van der Waals surface area contributed by atoms with Gasteiger partial charge in [-0.25, -0.2) is 0 Å². The fourth-order valence-electron chi connectivity index (χ4n) is 3.05. The summed E-state index contributed by atoms with van der Waals surface area (Å²) in [5.41, 5.74) is 1.23. The van der Waals surface area contributed by atoms with Gasteiger partial charge in [0.1, 0.15) is 12.6 Å². The summed E-state index contributed by atoms with van der Waals surface area (Å²) in [5, 5.41) is 3.56. The number of rotatable bonds is 5. The predicted octanol–water partition coefficient (Wildman–Crippen LogP) is 3.24. The van der Waals surface area contributed by atoms with Crippen molar-refractivity contribution in [2.24, 2.45) is 0 Å². The van der Waals surface area contributed by atoms with Crippen LogP contribution in [-0.4, -0.2) is 37.0 Å². The SMILES string of the molecule is CCOC(=O)CN1C(=O)C(Cc2ccccc2Cl)NC(=O)c2cc(Cl)ccc21. The van der Waals surface area contributed by atoms with E-state index in [0.29, 0.717) is 21.3 Å². The van der Waals surface area contributed by atoms with Crippen molar-refractivity contribution in [2.45, 2.75) is 19.4 Å². The van der Waals surface area contributed by atoms with Crippen LogP contribution in [-0.2, 0) is 20.7 Å². The minimum Gasteiger partial charge on any atom is -0.465 e. The van der Waals surface area contributed by atoms with E-state index in [1.807, 2.05) is 0 Å². The third-order valence-electron chi connectivity index (χ3n) is 4.34. The number of carbonyl (C=O) groups excluding carboxylic acids is 3. The maximum absolute atomic E-state index is 13.2. The van der Waals surface area contributed by atoms with Gasteiger partial charge in [-0.1, -0.05) is 41.4 Å². The fraction of sp³-hybridized carbons (Fsp3) is 0.250. The molecule has 1 aliphatic heterocycles. The number of ether oxygens (including phenoxy) is 1. The van der Waals surface area contributed by atoms with E-state index in [1.165, 1.54) is 11.0 Å². The second kappa shape index (κ2) is 8.63. The lowest BCUT2D eigenvalue weighted by molar-refractivity contribution is -0.142. The molecule has 0 aromatic heterocycles. The highest BCUT2D eigenvalue weighted by molar-refractivity contribution is 6.31. The van der Waals surface area contributed by atoms with Gasteiger partial charge in [-0.05, 0) is 36.8 Å². The van der Waals surface area contributed by atoms with Crippen LogP contribution in [0.25, 0.3) is 0 Å². The first-order valence-corrected chi connectivity index (χ1v) is 9.47. The molecule has 2 aromatic carbocycles. The zero-order valence-electron chi connectivity index (χ0n) is 15.1. The van der Waals surface area contributed by atoms with Crippen LogP contribution in [0.2, 0.25) is 10.0 Å². The largest absolute Gasteiger partial charge is 0.465 e. The molecule has 146 valence electrons. The van der Waals surface area contributed by atoms with Crippen LogP contribution >= 0.6 is 23.2 Å². The Morgan fingerprint density at radius 3 is 2.64 bits per heavy atom. The summed E-state index contributed by atoms with van der Waals surface area (Å²) < 4.78 is 4.99. The van der Waals surface area contributed by atoms with Crippen LogP contribution in [0, 0.1) is 0 Å². The molecule has 28 heavy (non-hydrogen) atoms. The second-order valence-electron chi connectivity index (χ2n) is 6.21. The average molecular weight is 421 g/mol. The van der Waals surface area contributed by atoms with E-state index in [1.54, 1.807) is 43.3 Å². The molecule has 0 radical (unpaired) electrons. The molecule has 1 aliphatic rings. The number of hydrogen-bond donors (Lipinski definition) is 1. The van der Waals surface area contributed by atoms with E-state index < -0.39 is 23.8 Å². The molecule has 2 amide bonds. The van der Waals surface area contributed by atoms with Gasteiger partial charge in [-0.3, -0.25) is 19.3 Å². The fourth-order valence-corrected chi connectivity index (χ4v) is 3.44. The molecule has 1 N–H and O–H groups in total. The minimum atomic E-state index is -0.895. The van der Waals surface area contributed by atoms with Gasteiger partial charge in [0.25, 0.3) is 5.91 Å². The Kier molecular flexibility index (Phi) is 6.21. The van der Waals surface area contributed by atoms with Crippen molar-refractivity contribution in [1.29, 1.82) is 0 Å². The lowest BCUT2D eigenvalue weighted by Crippen LogP contribution is -2.48. The van der Waals surface area contributed by atoms with E-state index in [0.717, 1.165) is 0 Å².